The van der Waals surface area contributed by atoms with E-state index < -0.39 is 0 Å². The molecule has 1 aromatic heterocycles. The van der Waals surface area contributed by atoms with Gasteiger partial charge in [0.1, 0.15) is 0 Å². The lowest BCUT2D eigenvalue weighted by Gasteiger charge is -2.04. The molecule has 16 heavy (non-hydrogen) atoms. The van der Waals surface area contributed by atoms with Crippen LogP contribution in [0.3, 0.4) is 0 Å². The largest absolute Gasteiger partial charge is 0.268 e. The Balaban J connectivity index is 2.26. The quantitative estimate of drug-likeness (QED) is 0.798. The van der Waals surface area contributed by atoms with E-state index in [0.717, 1.165) is 11.1 Å². The molecule has 0 saturated carbocycles. The molecule has 0 bridgehead atoms. The second-order valence-electron chi connectivity index (χ2n) is 3.63. The molecule has 4 heteroatoms. The summed E-state index contributed by atoms with van der Waals surface area (Å²) in [5.41, 5.74) is 2.65. The van der Waals surface area contributed by atoms with E-state index in [2.05, 4.69) is 11.2 Å². The molecule has 0 aliphatic heterocycles. The Labute approximate surface area is 98.9 Å². The van der Waals surface area contributed by atoms with Crippen molar-refractivity contribution in [2.75, 3.05) is 0 Å². The first-order valence-corrected chi connectivity index (χ1v) is 5.24. The van der Waals surface area contributed by atoms with Crippen molar-refractivity contribution in [3.8, 4) is 6.07 Å². The summed E-state index contributed by atoms with van der Waals surface area (Å²) in [6.45, 7) is 2.61. The molecule has 0 spiro atoms. The normalized spacial score (nSPS) is 10.1. The molecule has 80 valence electrons. The number of hydrogen-bond acceptors (Lipinski definition) is 2. The number of aromatic nitrogens is 2. The zero-order chi connectivity index (χ0) is 11.5. The van der Waals surface area contributed by atoms with E-state index in [9.17, 15) is 0 Å². The summed E-state index contributed by atoms with van der Waals surface area (Å²) in [7, 11) is 0. The van der Waals surface area contributed by atoms with Crippen molar-refractivity contribution in [3.63, 3.8) is 0 Å². The van der Waals surface area contributed by atoms with Crippen LogP contribution in [0.2, 0.25) is 5.02 Å². The van der Waals surface area contributed by atoms with Gasteiger partial charge in [-0.3, -0.25) is 4.68 Å². The van der Waals surface area contributed by atoms with Crippen LogP contribution in [0, 0.1) is 18.3 Å². The lowest BCUT2D eigenvalue weighted by atomic mass is 10.1. The van der Waals surface area contributed by atoms with Crippen LogP contribution in [0.25, 0.3) is 0 Å². The first-order valence-electron chi connectivity index (χ1n) is 4.86. The van der Waals surface area contributed by atoms with Crippen LogP contribution in [-0.2, 0) is 6.54 Å². The van der Waals surface area contributed by atoms with Crippen LogP contribution in [0.4, 0.5) is 0 Å². The van der Waals surface area contributed by atoms with Gasteiger partial charge in [-0.25, -0.2) is 0 Å². The van der Waals surface area contributed by atoms with Crippen LogP contribution in [0.5, 0.6) is 0 Å². The van der Waals surface area contributed by atoms with Crippen LogP contribution >= 0.6 is 11.6 Å². The van der Waals surface area contributed by atoms with Gasteiger partial charge in [0, 0.05) is 11.2 Å². The molecule has 2 rings (SSSR count). The van der Waals surface area contributed by atoms with Gasteiger partial charge in [-0.05, 0) is 30.2 Å². The monoisotopic (exact) mass is 231 g/mol. The van der Waals surface area contributed by atoms with Gasteiger partial charge in [0.05, 0.1) is 24.4 Å². The van der Waals surface area contributed by atoms with Crippen LogP contribution in [-0.4, -0.2) is 9.78 Å². The topological polar surface area (TPSA) is 41.6 Å². The fourth-order valence-electron chi connectivity index (χ4n) is 1.47. The first kappa shape index (κ1) is 10.7. The number of halogens is 1. The van der Waals surface area contributed by atoms with Gasteiger partial charge in [-0.15, -0.1) is 0 Å². The highest BCUT2D eigenvalue weighted by atomic mass is 35.5. The predicted octanol–water partition coefficient (Wildman–Crippen LogP) is 2.76. The van der Waals surface area contributed by atoms with E-state index in [1.165, 1.54) is 0 Å². The van der Waals surface area contributed by atoms with E-state index in [0.29, 0.717) is 17.1 Å². The third-order valence-electron chi connectivity index (χ3n) is 2.28. The van der Waals surface area contributed by atoms with Gasteiger partial charge in [-0.2, -0.15) is 10.4 Å². The van der Waals surface area contributed by atoms with Crippen molar-refractivity contribution < 1.29 is 0 Å². The van der Waals surface area contributed by atoms with Gasteiger partial charge in [0.2, 0.25) is 0 Å². The molecule has 0 N–H and O–H groups in total. The van der Waals surface area contributed by atoms with Crippen molar-refractivity contribution in [1.82, 2.24) is 9.78 Å². The standard InChI is InChI=1S/C12H10ClN3/c1-9-6-15-16(7-9)8-11-3-2-10(5-14)4-12(11)13/h2-4,6-7H,8H2,1H3. The average Bonchev–Trinajstić information content (AvgIpc) is 2.67. The number of nitriles is 1. The average molecular weight is 232 g/mol. The summed E-state index contributed by atoms with van der Waals surface area (Å²) >= 11 is 6.07. The maximum absolute atomic E-state index is 8.72. The smallest absolute Gasteiger partial charge is 0.0992 e. The summed E-state index contributed by atoms with van der Waals surface area (Å²) in [5, 5.41) is 13.5. The summed E-state index contributed by atoms with van der Waals surface area (Å²) in [6.07, 6.45) is 3.76. The molecule has 3 nitrogen and oxygen atoms in total. The van der Waals surface area contributed by atoms with E-state index in [1.54, 1.807) is 18.3 Å². The third kappa shape index (κ3) is 2.23. The minimum absolute atomic E-state index is 0.574. The van der Waals surface area contributed by atoms with Gasteiger partial charge in [-0.1, -0.05) is 17.7 Å². The Bertz CT molecular complexity index is 552. The Kier molecular flexibility index (Phi) is 2.93. The second-order valence-corrected chi connectivity index (χ2v) is 4.04. The predicted molar refractivity (Wildman–Crippen MR) is 62.2 cm³/mol. The van der Waals surface area contributed by atoms with Crippen LogP contribution in [0.15, 0.2) is 30.6 Å². The number of aryl methyl sites for hydroxylation is 1. The van der Waals surface area contributed by atoms with Crippen molar-refractivity contribution in [2.45, 2.75) is 13.5 Å². The summed E-state index contributed by atoms with van der Waals surface area (Å²) in [5.74, 6) is 0. The Hall–Kier alpha value is -1.79. The van der Waals surface area contributed by atoms with Gasteiger partial charge < -0.3 is 0 Å². The van der Waals surface area contributed by atoms with Crippen molar-refractivity contribution >= 4 is 11.6 Å². The fraction of sp³-hybridized carbons (Fsp3) is 0.167. The summed E-state index contributed by atoms with van der Waals surface area (Å²) in [6, 6.07) is 7.35. The molecule has 0 fully saturated rings. The Morgan fingerprint density at radius 3 is 2.88 bits per heavy atom. The summed E-state index contributed by atoms with van der Waals surface area (Å²) < 4.78 is 1.82. The van der Waals surface area contributed by atoms with Gasteiger partial charge >= 0.3 is 0 Å². The van der Waals surface area contributed by atoms with E-state index in [1.807, 2.05) is 23.9 Å². The van der Waals surface area contributed by atoms with Crippen LogP contribution < -0.4 is 0 Å². The van der Waals surface area contributed by atoms with E-state index >= 15 is 0 Å². The lowest BCUT2D eigenvalue weighted by Crippen LogP contribution is -2.00. The van der Waals surface area contributed by atoms with Gasteiger partial charge in [0.15, 0.2) is 0 Å². The van der Waals surface area contributed by atoms with E-state index in [-0.39, 0.29) is 0 Å². The second kappa shape index (κ2) is 4.38. The molecular formula is C12H10ClN3. The molecule has 0 aliphatic carbocycles. The lowest BCUT2D eigenvalue weighted by molar-refractivity contribution is 0.686. The molecule has 0 atom stereocenters. The maximum Gasteiger partial charge on any atom is 0.0992 e. The zero-order valence-electron chi connectivity index (χ0n) is 8.81. The minimum atomic E-state index is 0.574. The van der Waals surface area contributed by atoms with Crippen molar-refractivity contribution in [3.05, 3.63) is 52.3 Å². The number of benzene rings is 1. The van der Waals surface area contributed by atoms with Gasteiger partial charge in [0.25, 0.3) is 0 Å². The minimum Gasteiger partial charge on any atom is -0.268 e. The SMILES string of the molecule is Cc1cnn(Cc2ccc(C#N)cc2Cl)c1. The van der Waals surface area contributed by atoms with Crippen molar-refractivity contribution in [1.29, 1.82) is 5.26 Å². The molecule has 0 radical (unpaired) electrons. The highest BCUT2D eigenvalue weighted by Crippen LogP contribution is 2.18. The van der Waals surface area contributed by atoms with E-state index in [4.69, 9.17) is 16.9 Å². The van der Waals surface area contributed by atoms with Crippen molar-refractivity contribution in [2.24, 2.45) is 0 Å². The molecule has 1 aromatic carbocycles. The number of hydrogen-bond donors (Lipinski definition) is 0. The number of rotatable bonds is 2. The Morgan fingerprint density at radius 2 is 2.31 bits per heavy atom. The highest BCUT2D eigenvalue weighted by Gasteiger charge is 2.03. The molecule has 0 saturated heterocycles. The molecule has 1 heterocycles. The fourth-order valence-corrected chi connectivity index (χ4v) is 1.71. The third-order valence-corrected chi connectivity index (χ3v) is 2.63. The molecular weight excluding hydrogens is 222 g/mol. The molecule has 0 amide bonds. The molecule has 2 aromatic rings. The van der Waals surface area contributed by atoms with Crippen LogP contribution in [0.1, 0.15) is 16.7 Å². The first-order chi connectivity index (χ1) is 7.69. The Morgan fingerprint density at radius 1 is 1.50 bits per heavy atom. The molecule has 0 unspecified atom stereocenters. The maximum atomic E-state index is 8.72. The summed E-state index contributed by atoms with van der Waals surface area (Å²) in [4.78, 5) is 0. The zero-order valence-corrected chi connectivity index (χ0v) is 9.57. The molecule has 0 aliphatic rings. The number of nitrogens with zero attached hydrogens (tertiary/aromatic N) is 3. The highest BCUT2D eigenvalue weighted by molar-refractivity contribution is 6.31.